The van der Waals surface area contributed by atoms with Gasteiger partial charge in [-0.05, 0) is 42.5 Å². The number of hydrogen-bond donors (Lipinski definition) is 2. The minimum atomic E-state index is -0.463. The molecule has 1 aromatic heterocycles. The molecule has 0 bridgehead atoms. The monoisotopic (exact) mass is 342 g/mol. The summed E-state index contributed by atoms with van der Waals surface area (Å²) in [6.07, 6.45) is 0. The number of benzene rings is 2. The number of nitrogens with zero attached hydrogens (tertiary/aromatic N) is 2. The number of rotatable bonds is 4. The van der Waals surface area contributed by atoms with E-state index in [2.05, 4.69) is 15.6 Å². The molecule has 2 aromatic carbocycles. The van der Waals surface area contributed by atoms with E-state index in [9.17, 15) is 9.59 Å². The second-order valence-corrected chi connectivity index (χ2v) is 5.37. The first kappa shape index (κ1) is 16.9. The van der Waals surface area contributed by atoms with Crippen LogP contribution < -0.4 is 10.6 Å². The zero-order valence-electron chi connectivity index (χ0n) is 13.6. The van der Waals surface area contributed by atoms with Crippen molar-refractivity contribution in [2.45, 2.75) is 0 Å². The molecule has 3 aromatic rings. The third-order valence-corrected chi connectivity index (χ3v) is 3.50. The van der Waals surface area contributed by atoms with Crippen molar-refractivity contribution in [3.8, 4) is 6.07 Å². The Labute approximate surface area is 150 Å². The van der Waals surface area contributed by atoms with E-state index in [1.165, 1.54) is 12.1 Å². The number of nitrogens with one attached hydrogen (secondary N) is 2. The maximum Gasteiger partial charge on any atom is 0.274 e. The average Bonchev–Trinajstić information content (AvgIpc) is 2.69. The lowest BCUT2D eigenvalue weighted by molar-refractivity contribution is 0.101. The number of amides is 2. The summed E-state index contributed by atoms with van der Waals surface area (Å²) in [5, 5.41) is 14.3. The van der Waals surface area contributed by atoms with Crippen molar-refractivity contribution >= 4 is 23.2 Å². The maximum absolute atomic E-state index is 12.4. The van der Waals surface area contributed by atoms with Gasteiger partial charge in [-0.3, -0.25) is 9.59 Å². The number of para-hydroxylation sites is 1. The van der Waals surface area contributed by atoms with E-state index in [1.807, 2.05) is 24.3 Å². The SMILES string of the molecule is N#Cc1cccc(NC(=O)c2cccc(C(=O)Nc3ccccc3)n2)c1. The van der Waals surface area contributed by atoms with E-state index in [0.717, 1.165) is 0 Å². The summed E-state index contributed by atoms with van der Waals surface area (Å²) in [6, 6.07) is 22.2. The molecule has 0 aliphatic rings. The van der Waals surface area contributed by atoms with E-state index in [0.29, 0.717) is 16.9 Å². The second kappa shape index (κ2) is 7.73. The Morgan fingerprint density at radius 3 is 2.00 bits per heavy atom. The lowest BCUT2D eigenvalue weighted by Crippen LogP contribution is -2.18. The average molecular weight is 342 g/mol. The standard InChI is InChI=1S/C20H14N4O2/c21-13-14-6-4-9-16(12-14)23-20(26)18-11-5-10-17(24-18)19(25)22-15-7-2-1-3-8-15/h1-12H,(H,22,25)(H,23,26). The number of pyridine rings is 1. The Kier molecular flexibility index (Phi) is 5.01. The third-order valence-electron chi connectivity index (χ3n) is 3.50. The highest BCUT2D eigenvalue weighted by Crippen LogP contribution is 2.12. The molecule has 1 heterocycles. The number of nitriles is 1. The summed E-state index contributed by atoms with van der Waals surface area (Å²) in [6.45, 7) is 0. The number of carbonyl (C=O) groups excluding carboxylic acids is 2. The molecule has 0 radical (unpaired) electrons. The Morgan fingerprint density at radius 1 is 0.769 bits per heavy atom. The fourth-order valence-electron chi connectivity index (χ4n) is 2.27. The molecule has 2 N–H and O–H groups in total. The molecule has 0 unspecified atom stereocenters. The molecule has 0 saturated carbocycles. The van der Waals surface area contributed by atoms with E-state index >= 15 is 0 Å². The van der Waals surface area contributed by atoms with E-state index in [-0.39, 0.29) is 11.4 Å². The summed E-state index contributed by atoms with van der Waals surface area (Å²) < 4.78 is 0. The first-order valence-corrected chi connectivity index (χ1v) is 7.81. The molecule has 0 fully saturated rings. The normalized spacial score (nSPS) is 9.81. The molecule has 126 valence electrons. The van der Waals surface area contributed by atoms with Crippen LogP contribution in [-0.4, -0.2) is 16.8 Å². The van der Waals surface area contributed by atoms with Crippen LogP contribution in [0.5, 0.6) is 0 Å². The summed E-state index contributed by atoms with van der Waals surface area (Å²) in [5.74, 6) is -0.869. The van der Waals surface area contributed by atoms with Crippen LogP contribution in [0.1, 0.15) is 26.5 Å². The number of carbonyl (C=O) groups is 2. The summed E-state index contributed by atoms with van der Waals surface area (Å²) in [5.41, 5.74) is 1.80. The van der Waals surface area contributed by atoms with Gasteiger partial charge in [0, 0.05) is 11.4 Å². The number of aromatic nitrogens is 1. The molecule has 3 rings (SSSR count). The molecule has 2 amide bonds. The number of anilines is 2. The molecular weight excluding hydrogens is 328 g/mol. The van der Waals surface area contributed by atoms with Crippen LogP contribution in [0.3, 0.4) is 0 Å². The van der Waals surface area contributed by atoms with Crippen LogP contribution in [0, 0.1) is 11.3 Å². The van der Waals surface area contributed by atoms with E-state index in [1.54, 1.807) is 42.5 Å². The molecule has 6 heteroatoms. The van der Waals surface area contributed by atoms with Gasteiger partial charge in [0.05, 0.1) is 11.6 Å². The van der Waals surface area contributed by atoms with Gasteiger partial charge < -0.3 is 10.6 Å². The van der Waals surface area contributed by atoms with Gasteiger partial charge in [-0.25, -0.2) is 4.98 Å². The predicted octanol–water partition coefficient (Wildman–Crippen LogP) is 3.46. The highest BCUT2D eigenvalue weighted by atomic mass is 16.2. The van der Waals surface area contributed by atoms with Gasteiger partial charge in [0.15, 0.2) is 0 Å². The van der Waals surface area contributed by atoms with E-state index in [4.69, 9.17) is 5.26 Å². The van der Waals surface area contributed by atoms with Crippen molar-refractivity contribution in [3.63, 3.8) is 0 Å². The topological polar surface area (TPSA) is 94.9 Å². The highest BCUT2D eigenvalue weighted by molar-refractivity contribution is 6.06. The van der Waals surface area contributed by atoms with Crippen LogP contribution in [0.4, 0.5) is 11.4 Å². The second-order valence-electron chi connectivity index (χ2n) is 5.37. The summed E-state index contributed by atoms with van der Waals surface area (Å²) in [7, 11) is 0. The smallest absolute Gasteiger partial charge is 0.274 e. The van der Waals surface area contributed by atoms with Crippen molar-refractivity contribution in [2.75, 3.05) is 10.6 Å². The Hall–Kier alpha value is -3.98. The molecule has 0 aliphatic carbocycles. The van der Waals surface area contributed by atoms with Gasteiger partial charge in [-0.1, -0.05) is 30.3 Å². The minimum Gasteiger partial charge on any atom is -0.321 e. The molecular formula is C20H14N4O2. The highest BCUT2D eigenvalue weighted by Gasteiger charge is 2.13. The third kappa shape index (κ3) is 4.10. The summed E-state index contributed by atoms with van der Waals surface area (Å²) >= 11 is 0. The van der Waals surface area contributed by atoms with Crippen molar-refractivity contribution in [1.29, 1.82) is 5.26 Å². The van der Waals surface area contributed by atoms with Gasteiger partial charge >= 0.3 is 0 Å². The van der Waals surface area contributed by atoms with Gasteiger partial charge in [0.2, 0.25) is 0 Å². The molecule has 0 saturated heterocycles. The van der Waals surface area contributed by atoms with Crippen LogP contribution >= 0.6 is 0 Å². The number of hydrogen-bond acceptors (Lipinski definition) is 4. The van der Waals surface area contributed by atoms with Crippen molar-refractivity contribution < 1.29 is 9.59 Å². The predicted molar refractivity (Wildman–Crippen MR) is 97.7 cm³/mol. The largest absolute Gasteiger partial charge is 0.321 e. The van der Waals surface area contributed by atoms with Crippen molar-refractivity contribution in [2.24, 2.45) is 0 Å². The Balaban J connectivity index is 1.75. The minimum absolute atomic E-state index is 0.105. The fraction of sp³-hybridized carbons (Fsp3) is 0. The fourth-order valence-corrected chi connectivity index (χ4v) is 2.27. The molecule has 6 nitrogen and oxygen atoms in total. The molecule has 0 spiro atoms. The van der Waals surface area contributed by atoms with Crippen LogP contribution in [0.2, 0.25) is 0 Å². The van der Waals surface area contributed by atoms with Crippen molar-refractivity contribution in [3.05, 3.63) is 89.7 Å². The zero-order valence-corrected chi connectivity index (χ0v) is 13.6. The zero-order chi connectivity index (χ0) is 18.4. The maximum atomic E-state index is 12.4. The molecule has 0 aliphatic heterocycles. The Morgan fingerprint density at radius 2 is 1.35 bits per heavy atom. The molecule has 0 atom stereocenters. The summed E-state index contributed by atoms with van der Waals surface area (Å²) in [4.78, 5) is 28.8. The van der Waals surface area contributed by atoms with Gasteiger partial charge in [0.25, 0.3) is 11.8 Å². The van der Waals surface area contributed by atoms with E-state index < -0.39 is 11.8 Å². The molecule has 26 heavy (non-hydrogen) atoms. The lowest BCUT2D eigenvalue weighted by Gasteiger charge is -2.07. The first-order valence-electron chi connectivity index (χ1n) is 7.81. The van der Waals surface area contributed by atoms with Gasteiger partial charge in [-0.15, -0.1) is 0 Å². The lowest BCUT2D eigenvalue weighted by atomic mass is 10.2. The van der Waals surface area contributed by atoms with Crippen molar-refractivity contribution in [1.82, 2.24) is 4.98 Å². The quantitative estimate of drug-likeness (QED) is 0.759. The van der Waals surface area contributed by atoms with Gasteiger partial charge in [0.1, 0.15) is 11.4 Å². The first-order chi connectivity index (χ1) is 12.7. The van der Waals surface area contributed by atoms with Crippen LogP contribution in [0.25, 0.3) is 0 Å². The van der Waals surface area contributed by atoms with Gasteiger partial charge in [-0.2, -0.15) is 5.26 Å². The van der Waals surface area contributed by atoms with Crippen LogP contribution in [0.15, 0.2) is 72.8 Å². The Bertz CT molecular complexity index is 994. The van der Waals surface area contributed by atoms with Crippen LogP contribution in [-0.2, 0) is 0 Å².